The summed E-state index contributed by atoms with van der Waals surface area (Å²) in [6.45, 7) is 2.01. The molecule has 5 aromatic rings. The Morgan fingerprint density at radius 1 is 1.09 bits per heavy atom. The van der Waals surface area contributed by atoms with Crippen molar-refractivity contribution in [2.24, 2.45) is 0 Å². The number of amides is 1. The predicted molar refractivity (Wildman–Crippen MR) is 133 cm³/mol. The van der Waals surface area contributed by atoms with Crippen molar-refractivity contribution in [3.8, 4) is 11.1 Å². The summed E-state index contributed by atoms with van der Waals surface area (Å²) < 4.78 is 8.33. The van der Waals surface area contributed by atoms with Gasteiger partial charge in [-0.05, 0) is 24.6 Å². The third-order valence-electron chi connectivity index (χ3n) is 4.85. The number of nitrogens with zero attached hydrogens (tertiary/aromatic N) is 3. The molecule has 1 N–H and O–H groups in total. The van der Waals surface area contributed by atoms with Crippen LogP contribution >= 0.6 is 34.4 Å². The van der Waals surface area contributed by atoms with Crippen LogP contribution in [0.2, 0.25) is 0 Å². The molecular formula is C23H18N4O3S3. The van der Waals surface area contributed by atoms with E-state index in [9.17, 15) is 9.59 Å². The Balaban J connectivity index is 1.36. The average Bonchev–Trinajstić information content (AvgIpc) is 3.52. The van der Waals surface area contributed by atoms with Crippen molar-refractivity contribution in [1.29, 1.82) is 0 Å². The van der Waals surface area contributed by atoms with Gasteiger partial charge in [-0.25, -0.2) is 4.79 Å². The van der Waals surface area contributed by atoms with Crippen molar-refractivity contribution in [3.05, 3.63) is 65.5 Å². The van der Waals surface area contributed by atoms with E-state index in [4.69, 9.17) is 4.74 Å². The summed E-state index contributed by atoms with van der Waals surface area (Å²) in [6.07, 6.45) is 0. The number of fused-ring (bicyclic) bond motifs is 3. The first-order valence-electron chi connectivity index (χ1n) is 10.1. The number of thioether (sulfide) groups is 1. The minimum absolute atomic E-state index is 0.131. The minimum atomic E-state index is -0.454. The molecule has 33 heavy (non-hydrogen) atoms. The molecule has 0 fully saturated rings. The van der Waals surface area contributed by atoms with E-state index in [1.165, 1.54) is 23.1 Å². The number of aromatic nitrogens is 3. The van der Waals surface area contributed by atoms with Gasteiger partial charge in [0, 0.05) is 10.9 Å². The minimum Gasteiger partial charge on any atom is -0.462 e. The van der Waals surface area contributed by atoms with Crippen LogP contribution in [0.15, 0.2) is 65.1 Å². The molecule has 3 aromatic heterocycles. The van der Waals surface area contributed by atoms with E-state index in [1.807, 2.05) is 64.4 Å². The maximum Gasteiger partial charge on any atom is 0.341 e. The van der Waals surface area contributed by atoms with Crippen LogP contribution in [0.4, 0.5) is 5.00 Å². The molecule has 0 saturated heterocycles. The monoisotopic (exact) mass is 494 g/mol. The Kier molecular flexibility index (Phi) is 6.12. The summed E-state index contributed by atoms with van der Waals surface area (Å²) in [5.74, 6) is -0.557. The molecule has 0 aliphatic heterocycles. The van der Waals surface area contributed by atoms with Gasteiger partial charge in [-0.2, -0.15) is 0 Å². The maximum absolute atomic E-state index is 12.8. The number of esters is 1. The van der Waals surface area contributed by atoms with Gasteiger partial charge in [0.1, 0.15) is 10.6 Å². The second-order valence-electron chi connectivity index (χ2n) is 6.95. The molecule has 0 saturated carbocycles. The smallest absolute Gasteiger partial charge is 0.341 e. The molecule has 0 radical (unpaired) electrons. The number of nitrogens with one attached hydrogen (secondary N) is 1. The molecule has 1 amide bonds. The third kappa shape index (κ3) is 4.24. The molecular weight excluding hydrogens is 476 g/mol. The summed E-state index contributed by atoms with van der Waals surface area (Å²) in [5, 5.41) is 14.3. The quantitative estimate of drug-likeness (QED) is 0.235. The summed E-state index contributed by atoms with van der Waals surface area (Å²) in [5.41, 5.74) is 3.02. The predicted octanol–water partition coefficient (Wildman–Crippen LogP) is 5.58. The highest BCUT2D eigenvalue weighted by Gasteiger charge is 2.23. The van der Waals surface area contributed by atoms with Crippen LogP contribution in [0.5, 0.6) is 0 Å². The van der Waals surface area contributed by atoms with E-state index < -0.39 is 5.97 Å². The van der Waals surface area contributed by atoms with E-state index in [-0.39, 0.29) is 18.3 Å². The van der Waals surface area contributed by atoms with Crippen LogP contribution in [0.3, 0.4) is 0 Å². The lowest BCUT2D eigenvalue weighted by Crippen LogP contribution is -2.16. The molecule has 10 heteroatoms. The molecule has 5 rings (SSSR count). The van der Waals surface area contributed by atoms with Crippen LogP contribution < -0.4 is 5.32 Å². The largest absolute Gasteiger partial charge is 0.462 e. The van der Waals surface area contributed by atoms with Crippen molar-refractivity contribution in [3.63, 3.8) is 0 Å². The molecule has 0 unspecified atom stereocenters. The molecule has 0 aliphatic rings. The highest BCUT2D eigenvalue weighted by Crippen LogP contribution is 2.36. The second-order valence-corrected chi connectivity index (χ2v) is 9.78. The summed E-state index contributed by atoms with van der Waals surface area (Å²) in [4.78, 5) is 26.3. The van der Waals surface area contributed by atoms with Crippen molar-refractivity contribution in [1.82, 2.24) is 14.6 Å². The number of benzene rings is 2. The van der Waals surface area contributed by atoms with Crippen molar-refractivity contribution in [2.75, 3.05) is 17.7 Å². The number of hydrogen-bond donors (Lipinski definition) is 1. The van der Waals surface area contributed by atoms with Gasteiger partial charge in [-0.1, -0.05) is 65.6 Å². The van der Waals surface area contributed by atoms with E-state index >= 15 is 0 Å². The fraction of sp³-hybridized carbons (Fsp3) is 0.130. The summed E-state index contributed by atoms with van der Waals surface area (Å²) in [7, 11) is 0. The van der Waals surface area contributed by atoms with E-state index in [2.05, 4.69) is 15.5 Å². The number of para-hydroxylation sites is 1. The number of carbonyl (C=O) groups is 2. The molecule has 166 valence electrons. The lowest BCUT2D eigenvalue weighted by atomic mass is 10.0. The van der Waals surface area contributed by atoms with Gasteiger partial charge in [0.05, 0.1) is 22.6 Å². The van der Waals surface area contributed by atoms with Crippen LogP contribution in [0, 0.1) is 0 Å². The number of thiazole rings is 1. The van der Waals surface area contributed by atoms with Gasteiger partial charge in [0.25, 0.3) is 0 Å². The van der Waals surface area contributed by atoms with Gasteiger partial charge in [-0.15, -0.1) is 21.5 Å². The van der Waals surface area contributed by atoms with Crippen LogP contribution in [-0.2, 0) is 9.53 Å². The molecule has 0 atom stereocenters. The fourth-order valence-corrected chi connectivity index (χ4v) is 6.17. The van der Waals surface area contributed by atoms with Gasteiger partial charge in [0.15, 0.2) is 5.16 Å². The molecule has 0 aliphatic carbocycles. The zero-order chi connectivity index (χ0) is 22.8. The van der Waals surface area contributed by atoms with Crippen molar-refractivity contribution >= 4 is 66.5 Å². The summed E-state index contributed by atoms with van der Waals surface area (Å²) in [6, 6.07) is 17.6. The molecule has 0 bridgehead atoms. The molecule has 0 spiro atoms. The van der Waals surface area contributed by atoms with Gasteiger partial charge >= 0.3 is 5.97 Å². The number of rotatable bonds is 7. The normalized spacial score (nSPS) is 11.2. The van der Waals surface area contributed by atoms with Crippen molar-refractivity contribution < 1.29 is 14.3 Å². The lowest BCUT2D eigenvalue weighted by Gasteiger charge is -2.08. The zero-order valence-corrected chi connectivity index (χ0v) is 19.9. The maximum atomic E-state index is 12.8. The van der Waals surface area contributed by atoms with E-state index in [0.29, 0.717) is 15.7 Å². The standard InChI is InChI=1S/C23H18N4O3S3/c1-2-30-21(29)19-15(14-8-4-3-5-9-14)12-31-20(19)24-18(28)13-32-22-25-26-23-27(22)16-10-6-7-11-17(16)33-23/h3-12H,2,13H2,1H3,(H,24,28). The van der Waals surface area contributed by atoms with E-state index in [1.54, 1.807) is 18.3 Å². The molecule has 2 aromatic carbocycles. The Labute approximate surface area is 201 Å². The van der Waals surface area contributed by atoms with Gasteiger partial charge in [0.2, 0.25) is 10.9 Å². The molecule has 7 nitrogen and oxygen atoms in total. The van der Waals surface area contributed by atoms with Gasteiger partial charge in [-0.3, -0.25) is 9.20 Å². The molecule has 3 heterocycles. The lowest BCUT2D eigenvalue weighted by molar-refractivity contribution is -0.113. The first kappa shape index (κ1) is 21.6. The Morgan fingerprint density at radius 2 is 1.88 bits per heavy atom. The summed E-state index contributed by atoms with van der Waals surface area (Å²) >= 11 is 4.17. The van der Waals surface area contributed by atoms with Gasteiger partial charge < -0.3 is 10.1 Å². The Bertz CT molecular complexity index is 1460. The highest BCUT2D eigenvalue weighted by molar-refractivity contribution is 7.99. The Hall–Kier alpha value is -3.21. The first-order valence-corrected chi connectivity index (χ1v) is 12.8. The number of thiophene rings is 1. The topological polar surface area (TPSA) is 85.6 Å². The average molecular weight is 495 g/mol. The second kappa shape index (κ2) is 9.34. The number of carbonyl (C=O) groups excluding carboxylic acids is 2. The fourth-order valence-electron chi connectivity index (χ4n) is 3.43. The van der Waals surface area contributed by atoms with Crippen LogP contribution in [-0.4, -0.2) is 38.8 Å². The Morgan fingerprint density at radius 3 is 2.70 bits per heavy atom. The highest BCUT2D eigenvalue weighted by atomic mass is 32.2. The van der Waals surface area contributed by atoms with Crippen LogP contribution in [0.25, 0.3) is 26.3 Å². The van der Waals surface area contributed by atoms with E-state index in [0.717, 1.165) is 26.3 Å². The third-order valence-corrected chi connectivity index (χ3v) is 7.69. The number of anilines is 1. The van der Waals surface area contributed by atoms with Crippen molar-refractivity contribution in [2.45, 2.75) is 12.1 Å². The number of hydrogen-bond acceptors (Lipinski definition) is 8. The SMILES string of the molecule is CCOC(=O)c1c(-c2ccccc2)csc1NC(=O)CSc1nnc2sc3ccccc3n12. The van der Waals surface area contributed by atoms with Crippen LogP contribution in [0.1, 0.15) is 17.3 Å². The number of ether oxygens (including phenoxy) is 1. The first-order chi connectivity index (χ1) is 16.2. The zero-order valence-electron chi connectivity index (χ0n) is 17.5.